The van der Waals surface area contributed by atoms with Crippen molar-refractivity contribution >= 4 is 44.1 Å². The molecule has 0 bridgehead atoms. The highest BCUT2D eigenvalue weighted by atomic mass is 32.1. The van der Waals surface area contributed by atoms with Crippen LogP contribution in [0.3, 0.4) is 0 Å². The third kappa shape index (κ3) is 2.59. The zero-order valence-electron chi connectivity index (χ0n) is 12.1. The maximum Gasteiger partial charge on any atom is 0.135 e. The van der Waals surface area contributed by atoms with Crippen LogP contribution in [-0.4, -0.2) is 9.97 Å². The number of para-hydroxylation sites is 1. The first kappa shape index (κ1) is 13.6. The highest BCUT2D eigenvalue weighted by Crippen LogP contribution is 2.28. The van der Waals surface area contributed by atoms with Crippen molar-refractivity contribution in [1.82, 2.24) is 9.97 Å². The molecule has 0 saturated heterocycles. The minimum Gasteiger partial charge on any atom is -0.256 e. The number of aromatic nitrogens is 2. The summed E-state index contributed by atoms with van der Waals surface area (Å²) >= 11 is 1.54. The molecule has 0 aliphatic carbocycles. The largest absolute Gasteiger partial charge is 0.256 e. The van der Waals surface area contributed by atoms with Gasteiger partial charge in [-0.2, -0.15) is 5.26 Å². The van der Waals surface area contributed by atoms with Gasteiger partial charge in [0.2, 0.25) is 0 Å². The lowest BCUT2D eigenvalue weighted by atomic mass is 10.1. The van der Waals surface area contributed by atoms with Crippen LogP contribution in [0.25, 0.3) is 32.8 Å². The number of rotatable bonds is 2. The molecule has 0 saturated carbocycles. The second-order valence-corrected chi connectivity index (χ2v) is 6.14. The summed E-state index contributed by atoms with van der Waals surface area (Å²) in [6.07, 6.45) is 3.64. The predicted molar refractivity (Wildman–Crippen MR) is 94.8 cm³/mol. The van der Waals surface area contributed by atoms with Gasteiger partial charge in [-0.25, -0.2) is 4.98 Å². The fraction of sp³-hybridized carbons (Fsp3) is 0. The standard InChI is InChI=1S/C19H11N3S/c20-12-15(19-22-16-5-1-2-6-18(16)23-19)10-13-7-8-14-4-3-9-21-17(14)11-13/h1-11H. The first-order valence-corrected chi connectivity index (χ1v) is 7.98. The molecule has 0 radical (unpaired) electrons. The molecule has 4 heteroatoms. The minimum atomic E-state index is 0.571. The Morgan fingerprint density at radius 1 is 1.04 bits per heavy atom. The fourth-order valence-corrected chi connectivity index (χ4v) is 3.40. The topological polar surface area (TPSA) is 49.6 Å². The predicted octanol–water partition coefficient (Wildman–Crippen LogP) is 4.91. The lowest BCUT2D eigenvalue weighted by Crippen LogP contribution is -1.82. The van der Waals surface area contributed by atoms with E-state index >= 15 is 0 Å². The van der Waals surface area contributed by atoms with Gasteiger partial charge < -0.3 is 0 Å². The molecule has 0 aliphatic rings. The number of thiazole rings is 1. The van der Waals surface area contributed by atoms with Crippen LogP contribution in [-0.2, 0) is 0 Å². The Labute approximate surface area is 137 Å². The molecule has 0 amide bonds. The van der Waals surface area contributed by atoms with E-state index in [4.69, 9.17) is 0 Å². The van der Waals surface area contributed by atoms with E-state index < -0.39 is 0 Å². The molecular formula is C19H11N3S. The number of allylic oxidation sites excluding steroid dienone is 1. The molecular weight excluding hydrogens is 302 g/mol. The van der Waals surface area contributed by atoms with Gasteiger partial charge >= 0.3 is 0 Å². The second kappa shape index (κ2) is 5.64. The van der Waals surface area contributed by atoms with E-state index in [1.165, 1.54) is 11.3 Å². The van der Waals surface area contributed by atoms with Crippen LogP contribution in [0.4, 0.5) is 0 Å². The third-order valence-corrected chi connectivity index (χ3v) is 4.66. The molecule has 2 heterocycles. The van der Waals surface area contributed by atoms with Crippen LogP contribution in [0.1, 0.15) is 10.6 Å². The van der Waals surface area contributed by atoms with Gasteiger partial charge in [0.05, 0.1) is 21.3 Å². The summed E-state index contributed by atoms with van der Waals surface area (Å²) in [6, 6.07) is 20.1. The van der Waals surface area contributed by atoms with E-state index in [0.717, 1.165) is 31.7 Å². The molecule has 4 rings (SSSR count). The Balaban J connectivity index is 1.81. The van der Waals surface area contributed by atoms with E-state index in [0.29, 0.717) is 5.57 Å². The van der Waals surface area contributed by atoms with E-state index in [-0.39, 0.29) is 0 Å². The van der Waals surface area contributed by atoms with E-state index in [1.807, 2.05) is 60.7 Å². The van der Waals surface area contributed by atoms with Crippen molar-refractivity contribution in [3.63, 3.8) is 0 Å². The number of nitrogens with zero attached hydrogens (tertiary/aromatic N) is 3. The molecule has 0 spiro atoms. The summed E-state index contributed by atoms with van der Waals surface area (Å²) in [5.74, 6) is 0. The first-order chi connectivity index (χ1) is 11.3. The van der Waals surface area contributed by atoms with Crippen LogP contribution in [0, 0.1) is 11.3 Å². The van der Waals surface area contributed by atoms with Crippen molar-refractivity contribution in [2.24, 2.45) is 0 Å². The normalized spacial score (nSPS) is 11.7. The van der Waals surface area contributed by atoms with Crippen molar-refractivity contribution in [3.8, 4) is 6.07 Å². The van der Waals surface area contributed by atoms with E-state index in [1.54, 1.807) is 6.20 Å². The van der Waals surface area contributed by atoms with Crippen LogP contribution in [0.5, 0.6) is 0 Å². The maximum atomic E-state index is 9.51. The van der Waals surface area contributed by atoms with Crippen LogP contribution in [0.2, 0.25) is 0 Å². The van der Waals surface area contributed by atoms with Crippen molar-refractivity contribution in [2.75, 3.05) is 0 Å². The average Bonchev–Trinajstić information content (AvgIpc) is 3.03. The summed E-state index contributed by atoms with van der Waals surface area (Å²) in [4.78, 5) is 8.91. The summed E-state index contributed by atoms with van der Waals surface area (Å²) < 4.78 is 1.09. The Hall–Kier alpha value is -3.03. The van der Waals surface area contributed by atoms with Gasteiger partial charge in [-0.1, -0.05) is 30.3 Å². The summed E-state index contributed by atoms with van der Waals surface area (Å²) in [6.45, 7) is 0. The van der Waals surface area contributed by atoms with E-state index in [2.05, 4.69) is 16.0 Å². The number of fused-ring (bicyclic) bond motifs is 2. The zero-order chi connectivity index (χ0) is 15.6. The summed E-state index contributed by atoms with van der Waals surface area (Å²) in [7, 11) is 0. The lowest BCUT2D eigenvalue weighted by molar-refractivity contribution is 1.41. The SMILES string of the molecule is N#CC(=Cc1ccc2cccnc2c1)c1nc2ccccc2s1. The van der Waals surface area contributed by atoms with E-state index in [9.17, 15) is 5.26 Å². The molecule has 2 aromatic heterocycles. The van der Waals surface area contributed by atoms with Crippen LogP contribution in [0.15, 0.2) is 60.8 Å². The van der Waals surface area contributed by atoms with Gasteiger partial charge in [0, 0.05) is 11.6 Å². The molecule has 0 aliphatic heterocycles. The molecule has 23 heavy (non-hydrogen) atoms. The number of pyridine rings is 1. The molecule has 4 aromatic rings. The number of benzene rings is 2. The molecule has 3 nitrogen and oxygen atoms in total. The maximum absolute atomic E-state index is 9.51. The van der Waals surface area contributed by atoms with Crippen molar-refractivity contribution in [2.45, 2.75) is 0 Å². The van der Waals surface area contributed by atoms with Gasteiger partial charge in [-0.05, 0) is 35.9 Å². The zero-order valence-corrected chi connectivity index (χ0v) is 12.9. The van der Waals surface area contributed by atoms with Gasteiger partial charge in [0.15, 0.2) is 0 Å². The first-order valence-electron chi connectivity index (χ1n) is 7.16. The van der Waals surface area contributed by atoms with Crippen LogP contribution < -0.4 is 0 Å². The van der Waals surface area contributed by atoms with Crippen molar-refractivity contribution in [1.29, 1.82) is 5.26 Å². The molecule has 2 aromatic carbocycles. The Bertz CT molecular complexity index is 1050. The number of nitriles is 1. The summed E-state index contributed by atoms with van der Waals surface area (Å²) in [5, 5.41) is 11.3. The Morgan fingerprint density at radius 3 is 2.83 bits per heavy atom. The molecule has 0 fully saturated rings. The fourth-order valence-electron chi connectivity index (χ4n) is 2.47. The van der Waals surface area contributed by atoms with Gasteiger partial charge in [-0.15, -0.1) is 11.3 Å². The monoisotopic (exact) mass is 313 g/mol. The highest BCUT2D eigenvalue weighted by Gasteiger charge is 2.08. The molecule has 0 atom stereocenters. The highest BCUT2D eigenvalue weighted by molar-refractivity contribution is 7.19. The second-order valence-electron chi connectivity index (χ2n) is 5.11. The van der Waals surface area contributed by atoms with Crippen molar-refractivity contribution in [3.05, 3.63) is 71.4 Å². The third-order valence-electron chi connectivity index (χ3n) is 3.59. The lowest BCUT2D eigenvalue weighted by Gasteiger charge is -1.99. The van der Waals surface area contributed by atoms with Crippen LogP contribution >= 0.6 is 11.3 Å². The number of hydrogen-bond acceptors (Lipinski definition) is 4. The number of hydrogen-bond donors (Lipinski definition) is 0. The van der Waals surface area contributed by atoms with Crippen molar-refractivity contribution < 1.29 is 0 Å². The molecule has 108 valence electrons. The minimum absolute atomic E-state index is 0.571. The average molecular weight is 313 g/mol. The molecule has 0 unspecified atom stereocenters. The molecule has 0 N–H and O–H groups in total. The Kier molecular flexibility index (Phi) is 3.34. The quantitative estimate of drug-likeness (QED) is 0.494. The summed E-state index contributed by atoms with van der Waals surface area (Å²) in [5.41, 5.74) is 3.37. The van der Waals surface area contributed by atoms with Gasteiger partial charge in [-0.3, -0.25) is 4.98 Å². The van der Waals surface area contributed by atoms with Gasteiger partial charge in [0.25, 0.3) is 0 Å². The van der Waals surface area contributed by atoms with Gasteiger partial charge in [0.1, 0.15) is 11.1 Å². The Morgan fingerprint density at radius 2 is 1.96 bits per heavy atom. The smallest absolute Gasteiger partial charge is 0.135 e.